The van der Waals surface area contributed by atoms with Gasteiger partial charge in [0, 0.05) is 48.1 Å². The summed E-state index contributed by atoms with van der Waals surface area (Å²) in [6.45, 7) is 9.45. The van der Waals surface area contributed by atoms with Crippen LogP contribution in [0.4, 0.5) is 17.1 Å². The molecule has 2 heterocycles. The third-order valence-electron chi connectivity index (χ3n) is 15.7. The molecule has 4 aliphatic rings. The fourth-order valence-corrected chi connectivity index (χ4v) is 16.1. The summed E-state index contributed by atoms with van der Waals surface area (Å²) in [6.07, 6.45) is 5.65. The highest BCUT2D eigenvalue weighted by molar-refractivity contribution is 7.91. The fourth-order valence-electron chi connectivity index (χ4n) is 13.0. The summed E-state index contributed by atoms with van der Waals surface area (Å²) < 4.78 is 32.4. The van der Waals surface area contributed by atoms with E-state index in [-0.39, 0.29) is 10.8 Å². The van der Waals surface area contributed by atoms with Crippen molar-refractivity contribution in [3.8, 4) is 22.3 Å². The normalized spacial score (nSPS) is 23.7. The van der Waals surface area contributed by atoms with Crippen molar-refractivity contribution >= 4 is 58.4 Å². The quantitative estimate of drug-likeness (QED) is 0.173. The Morgan fingerprint density at radius 3 is 2.00 bits per heavy atom. The van der Waals surface area contributed by atoms with Crippen molar-refractivity contribution in [2.45, 2.75) is 80.4 Å². The largest absolute Gasteiger partial charge is 0.310 e. The lowest BCUT2D eigenvalue weighted by Gasteiger charge is -2.59. The van der Waals surface area contributed by atoms with Crippen LogP contribution < -0.4 is 4.90 Å². The van der Waals surface area contributed by atoms with Gasteiger partial charge in [0.15, 0.2) is 0 Å². The number of rotatable bonds is 5. The monoisotopic (exact) mass is 845 g/mol. The number of sulfone groups is 1. The summed E-state index contributed by atoms with van der Waals surface area (Å²) in [5, 5.41) is 2.57. The van der Waals surface area contributed by atoms with Crippen LogP contribution >= 0.6 is 11.3 Å². The third-order valence-corrected chi connectivity index (χ3v) is 18.8. The van der Waals surface area contributed by atoms with Gasteiger partial charge in [0.25, 0.3) is 0 Å². The standard InChI is InChI=1S/C57H51NO2S2/c1-5-36-30-38-28-35(2)29-39(31-36)57(38)49-21-9-11-23-53(49)62(59,60)54-27-25-42(34-51(54)57)58(41-24-26-45-44-16-6-8-20-48(44)56(3,4)50(45)33-41)40-15-12-14-37(32-40)43-18-13-19-47-46-17-7-10-22-52(46)61-55(43)47/h6-27,32-36,38-39H,5,28-31H2,1-4H3/t35-,36+,38+,39-,57?. The van der Waals surface area contributed by atoms with Gasteiger partial charge < -0.3 is 4.90 Å². The van der Waals surface area contributed by atoms with Gasteiger partial charge >= 0.3 is 0 Å². The molecule has 0 saturated heterocycles. The molecule has 5 heteroatoms. The molecule has 8 aromatic rings. The van der Waals surface area contributed by atoms with Crippen LogP contribution in [0, 0.1) is 23.7 Å². The van der Waals surface area contributed by atoms with Crippen LogP contribution in [0.25, 0.3) is 42.4 Å². The number of nitrogens with zero attached hydrogens (tertiary/aromatic N) is 1. The van der Waals surface area contributed by atoms with Gasteiger partial charge in [-0.25, -0.2) is 8.42 Å². The summed E-state index contributed by atoms with van der Waals surface area (Å²) in [4.78, 5) is 3.42. The van der Waals surface area contributed by atoms with Gasteiger partial charge in [-0.2, -0.15) is 0 Å². The van der Waals surface area contributed by atoms with E-state index in [2.05, 4.69) is 166 Å². The van der Waals surface area contributed by atoms with E-state index in [0.29, 0.717) is 33.5 Å². The lowest BCUT2D eigenvalue weighted by atomic mass is 9.46. The van der Waals surface area contributed by atoms with Crippen LogP contribution in [0.5, 0.6) is 0 Å². The minimum Gasteiger partial charge on any atom is -0.310 e. The van der Waals surface area contributed by atoms with Crippen LogP contribution in [0.1, 0.15) is 82.1 Å². The molecule has 3 aliphatic carbocycles. The van der Waals surface area contributed by atoms with Crippen molar-refractivity contribution in [3.05, 3.63) is 174 Å². The van der Waals surface area contributed by atoms with Crippen molar-refractivity contribution in [2.75, 3.05) is 4.90 Å². The Kier molecular flexibility index (Phi) is 8.48. The zero-order chi connectivity index (χ0) is 42.1. The van der Waals surface area contributed by atoms with Crippen molar-refractivity contribution in [3.63, 3.8) is 0 Å². The van der Waals surface area contributed by atoms with E-state index in [1.807, 2.05) is 29.5 Å². The van der Waals surface area contributed by atoms with Crippen molar-refractivity contribution in [1.29, 1.82) is 0 Å². The van der Waals surface area contributed by atoms with Gasteiger partial charge in [-0.1, -0.05) is 131 Å². The second-order valence-electron chi connectivity index (χ2n) is 19.3. The Morgan fingerprint density at radius 2 is 1.19 bits per heavy atom. The smallest absolute Gasteiger partial charge is 0.207 e. The first kappa shape index (κ1) is 38.2. The highest BCUT2D eigenvalue weighted by Crippen LogP contribution is 2.65. The number of hydrogen-bond donors (Lipinski definition) is 0. The molecule has 308 valence electrons. The molecule has 1 aliphatic heterocycles. The Bertz CT molecular complexity index is 3230. The molecule has 62 heavy (non-hydrogen) atoms. The van der Waals surface area contributed by atoms with Crippen molar-refractivity contribution in [1.82, 2.24) is 0 Å². The Hall–Kier alpha value is -5.49. The van der Waals surface area contributed by atoms with Crippen LogP contribution in [-0.2, 0) is 20.7 Å². The Morgan fingerprint density at radius 1 is 0.581 bits per heavy atom. The van der Waals surface area contributed by atoms with Crippen molar-refractivity contribution in [2.24, 2.45) is 23.7 Å². The number of fused-ring (bicyclic) bond motifs is 8. The highest BCUT2D eigenvalue weighted by atomic mass is 32.2. The molecule has 7 aromatic carbocycles. The minimum atomic E-state index is -3.76. The molecule has 2 bridgehead atoms. The Labute approximate surface area is 370 Å². The molecule has 1 unspecified atom stereocenters. The van der Waals surface area contributed by atoms with E-state index in [9.17, 15) is 8.42 Å². The first-order valence-electron chi connectivity index (χ1n) is 22.6. The number of benzene rings is 7. The molecule has 2 saturated carbocycles. The second kappa shape index (κ2) is 13.8. The maximum atomic E-state index is 14.9. The molecule has 0 amide bonds. The van der Waals surface area contributed by atoms with Crippen LogP contribution in [0.15, 0.2) is 161 Å². The molecule has 1 aromatic heterocycles. The van der Waals surface area contributed by atoms with Gasteiger partial charge in [0.2, 0.25) is 9.84 Å². The van der Waals surface area contributed by atoms with Crippen LogP contribution in [-0.4, -0.2) is 8.42 Å². The first-order valence-corrected chi connectivity index (χ1v) is 24.9. The maximum Gasteiger partial charge on any atom is 0.207 e. The lowest BCUT2D eigenvalue weighted by Crippen LogP contribution is -2.54. The first-order chi connectivity index (χ1) is 30.1. The summed E-state index contributed by atoms with van der Waals surface area (Å²) in [6, 6.07) is 54.6. The average molecular weight is 846 g/mol. The minimum absolute atomic E-state index is 0.184. The van der Waals surface area contributed by atoms with E-state index >= 15 is 0 Å². The zero-order valence-electron chi connectivity index (χ0n) is 35.9. The molecule has 1 spiro atoms. The predicted molar refractivity (Wildman–Crippen MR) is 258 cm³/mol. The van der Waals surface area contributed by atoms with Gasteiger partial charge in [-0.05, 0) is 148 Å². The molecule has 2 fully saturated rings. The van der Waals surface area contributed by atoms with Crippen molar-refractivity contribution < 1.29 is 8.42 Å². The predicted octanol–water partition coefficient (Wildman–Crippen LogP) is 15.4. The SMILES string of the molecule is CC[C@@H]1C[C@H]2C[C@H](C)C[C@@H](C1)C21c2ccccc2S(=O)(=O)c2ccc(N(c3cccc(-c4cccc5c4sc4ccccc45)c3)c3ccc4c(c3)C(C)(C)c3ccccc3-4)cc21. The van der Waals surface area contributed by atoms with Crippen LogP contribution in [0.3, 0.4) is 0 Å². The molecular weight excluding hydrogens is 795 g/mol. The molecule has 3 nitrogen and oxygen atoms in total. The molecule has 12 rings (SSSR count). The van der Waals surface area contributed by atoms with E-state index in [1.54, 1.807) is 0 Å². The Balaban J connectivity index is 1.10. The number of hydrogen-bond acceptors (Lipinski definition) is 4. The van der Waals surface area contributed by atoms with E-state index in [4.69, 9.17) is 0 Å². The lowest BCUT2D eigenvalue weighted by molar-refractivity contribution is 0.0173. The van der Waals surface area contributed by atoms with E-state index in [0.717, 1.165) is 59.4 Å². The van der Waals surface area contributed by atoms with Gasteiger partial charge in [-0.15, -0.1) is 11.3 Å². The van der Waals surface area contributed by atoms with Gasteiger partial charge in [0.05, 0.1) is 9.79 Å². The van der Waals surface area contributed by atoms with Gasteiger partial charge in [0.1, 0.15) is 0 Å². The molecule has 0 radical (unpaired) electrons. The molecular formula is C57H51NO2S2. The second-order valence-corrected chi connectivity index (χ2v) is 22.3. The number of thiophene rings is 1. The summed E-state index contributed by atoms with van der Waals surface area (Å²) in [5.74, 6) is 1.98. The summed E-state index contributed by atoms with van der Waals surface area (Å²) >= 11 is 1.86. The molecule has 0 N–H and O–H groups in total. The number of anilines is 3. The highest BCUT2D eigenvalue weighted by Gasteiger charge is 2.59. The van der Waals surface area contributed by atoms with E-state index in [1.165, 1.54) is 54.4 Å². The van der Waals surface area contributed by atoms with Gasteiger partial charge in [-0.3, -0.25) is 0 Å². The zero-order valence-corrected chi connectivity index (χ0v) is 37.5. The summed E-state index contributed by atoms with van der Waals surface area (Å²) in [5.41, 5.74) is 12.2. The van der Waals surface area contributed by atoms with Crippen LogP contribution in [0.2, 0.25) is 0 Å². The van der Waals surface area contributed by atoms with E-state index < -0.39 is 9.84 Å². The maximum absolute atomic E-state index is 14.9. The fraction of sp³-hybridized carbons (Fsp3) is 0.263. The summed E-state index contributed by atoms with van der Waals surface area (Å²) in [7, 11) is -3.76. The topological polar surface area (TPSA) is 37.4 Å². The average Bonchev–Trinajstić information content (AvgIpc) is 3.77. The third kappa shape index (κ3) is 5.31. The molecule has 5 atom stereocenters.